The third kappa shape index (κ3) is 3.39. The summed E-state index contributed by atoms with van der Waals surface area (Å²) in [4.78, 5) is 31.5. The van der Waals surface area contributed by atoms with E-state index < -0.39 is 6.04 Å². The van der Waals surface area contributed by atoms with E-state index in [9.17, 15) is 9.59 Å². The minimum absolute atomic E-state index is 0.214. The van der Waals surface area contributed by atoms with Gasteiger partial charge in [-0.25, -0.2) is 4.98 Å². The molecule has 0 aliphatic heterocycles. The zero-order chi connectivity index (χ0) is 18.8. The van der Waals surface area contributed by atoms with Gasteiger partial charge in [0.05, 0.1) is 11.7 Å². The zero-order valence-corrected chi connectivity index (χ0v) is 15.4. The number of rotatable bonds is 4. The first-order chi connectivity index (χ1) is 13.1. The van der Waals surface area contributed by atoms with Gasteiger partial charge in [0, 0.05) is 10.6 Å². The summed E-state index contributed by atoms with van der Waals surface area (Å²) < 4.78 is 1.38. The van der Waals surface area contributed by atoms with Crippen LogP contribution in [0.4, 0.5) is 5.69 Å². The molecule has 0 unspecified atom stereocenters. The molecule has 0 aliphatic rings. The van der Waals surface area contributed by atoms with Crippen molar-refractivity contribution in [1.29, 1.82) is 0 Å². The Labute approximate surface area is 159 Å². The first-order valence-electron chi connectivity index (χ1n) is 8.55. The molecule has 0 bridgehead atoms. The number of anilines is 1. The number of hydrogen-bond donors (Lipinski definition) is 1. The summed E-state index contributed by atoms with van der Waals surface area (Å²) >= 11 is 1.47. The van der Waals surface area contributed by atoms with E-state index >= 15 is 0 Å². The highest BCUT2D eigenvalue weighted by molar-refractivity contribution is 7.21. The van der Waals surface area contributed by atoms with Gasteiger partial charge in [-0.15, -0.1) is 11.3 Å². The lowest BCUT2D eigenvalue weighted by atomic mass is 10.2. The quantitative estimate of drug-likeness (QED) is 0.578. The van der Waals surface area contributed by atoms with E-state index in [-0.39, 0.29) is 11.5 Å². The topological polar surface area (TPSA) is 64.0 Å². The molecule has 2 aromatic carbocycles. The van der Waals surface area contributed by atoms with E-state index in [4.69, 9.17) is 0 Å². The summed E-state index contributed by atoms with van der Waals surface area (Å²) in [7, 11) is 0. The van der Waals surface area contributed by atoms with Crippen molar-refractivity contribution in [2.75, 3.05) is 5.32 Å². The Balaban J connectivity index is 1.67. The first kappa shape index (κ1) is 17.2. The Morgan fingerprint density at radius 2 is 1.74 bits per heavy atom. The van der Waals surface area contributed by atoms with Gasteiger partial charge in [0.15, 0.2) is 0 Å². The molecule has 134 valence electrons. The van der Waals surface area contributed by atoms with Crippen molar-refractivity contribution in [3.05, 3.63) is 83.4 Å². The van der Waals surface area contributed by atoms with Crippen LogP contribution in [0.15, 0.2) is 77.9 Å². The van der Waals surface area contributed by atoms with E-state index in [0.29, 0.717) is 15.9 Å². The third-order valence-corrected chi connectivity index (χ3v) is 5.47. The average Bonchev–Trinajstić information content (AvgIpc) is 3.14. The lowest BCUT2D eigenvalue weighted by Gasteiger charge is -2.14. The van der Waals surface area contributed by atoms with E-state index in [0.717, 1.165) is 10.4 Å². The van der Waals surface area contributed by atoms with E-state index in [1.165, 1.54) is 22.2 Å². The number of thiophene rings is 1. The zero-order valence-electron chi connectivity index (χ0n) is 14.6. The number of nitrogens with zero attached hydrogens (tertiary/aromatic N) is 2. The molecule has 4 rings (SSSR count). The number of amides is 1. The molecule has 1 atom stereocenters. The molecule has 0 radical (unpaired) electrons. The molecule has 27 heavy (non-hydrogen) atoms. The standard InChI is InChI=1S/C21H17N3O2S/c1-14(19(25)23-16-10-6-3-7-11-16)24-13-22-20-17(21(24)26)12-18(27-20)15-8-4-2-5-9-15/h2-14H,1H3,(H,23,25)/t14-/m1/s1. The van der Waals surface area contributed by atoms with Gasteiger partial charge >= 0.3 is 0 Å². The normalized spacial score (nSPS) is 12.0. The fraction of sp³-hybridized carbons (Fsp3) is 0.0952. The summed E-state index contributed by atoms with van der Waals surface area (Å²) in [5.74, 6) is -0.261. The van der Waals surface area contributed by atoms with Gasteiger partial charge in [-0.3, -0.25) is 14.2 Å². The predicted octanol–water partition coefficient (Wildman–Crippen LogP) is 4.32. The largest absolute Gasteiger partial charge is 0.324 e. The van der Waals surface area contributed by atoms with Crippen LogP contribution in [-0.4, -0.2) is 15.5 Å². The van der Waals surface area contributed by atoms with Crippen molar-refractivity contribution in [3.8, 4) is 10.4 Å². The second kappa shape index (κ2) is 7.17. The Hall–Kier alpha value is -3.25. The van der Waals surface area contributed by atoms with Crippen LogP contribution in [0.1, 0.15) is 13.0 Å². The molecule has 0 saturated carbocycles. The molecule has 6 heteroatoms. The first-order valence-corrected chi connectivity index (χ1v) is 9.37. The van der Waals surface area contributed by atoms with E-state index in [1.54, 1.807) is 19.1 Å². The fourth-order valence-electron chi connectivity index (χ4n) is 2.85. The van der Waals surface area contributed by atoms with Crippen LogP contribution in [0.3, 0.4) is 0 Å². The highest BCUT2D eigenvalue weighted by Gasteiger charge is 2.19. The minimum atomic E-state index is -0.672. The highest BCUT2D eigenvalue weighted by Crippen LogP contribution is 2.30. The number of fused-ring (bicyclic) bond motifs is 1. The summed E-state index contributed by atoms with van der Waals surface area (Å²) in [5, 5.41) is 3.35. The SMILES string of the molecule is C[C@H](C(=O)Nc1ccccc1)n1cnc2sc(-c3ccccc3)cc2c1=O. The molecule has 2 heterocycles. The van der Waals surface area contributed by atoms with Crippen LogP contribution in [-0.2, 0) is 4.79 Å². The highest BCUT2D eigenvalue weighted by atomic mass is 32.1. The molecule has 2 aromatic heterocycles. The predicted molar refractivity (Wildman–Crippen MR) is 109 cm³/mol. The van der Waals surface area contributed by atoms with Gasteiger partial charge in [-0.1, -0.05) is 48.5 Å². The van der Waals surface area contributed by atoms with Crippen molar-refractivity contribution in [2.45, 2.75) is 13.0 Å². The maximum atomic E-state index is 12.9. The lowest BCUT2D eigenvalue weighted by molar-refractivity contribution is -0.118. The second-order valence-electron chi connectivity index (χ2n) is 6.18. The third-order valence-electron chi connectivity index (χ3n) is 4.37. The smallest absolute Gasteiger partial charge is 0.262 e. The molecule has 4 aromatic rings. The molecule has 0 aliphatic carbocycles. The van der Waals surface area contributed by atoms with Crippen molar-refractivity contribution >= 4 is 33.1 Å². The molecule has 1 N–H and O–H groups in total. The number of hydrogen-bond acceptors (Lipinski definition) is 4. The lowest BCUT2D eigenvalue weighted by Crippen LogP contribution is -2.31. The Morgan fingerprint density at radius 3 is 2.44 bits per heavy atom. The molecule has 0 saturated heterocycles. The van der Waals surface area contributed by atoms with E-state index in [2.05, 4.69) is 10.3 Å². The summed E-state index contributed by atoms with van der Waals surface area (Å²) in [6.45, 7) is 1.69. The summed E-state index contributed by atoms with van der Waals surface area (Å²) in [6, 6.07) is 20.2. The van der Waals surface area contributed by atoms with Gasteiger partial charge in [-0.2, -0.15) is 0 Å². The average molecular weight is 375 g/mol. The van der Waals surface area contributed by atoms with Crippen molar-refractivity contribution in [1.82, 2.24) is 9.55 Å². The van der Waals surface area contributed by atoms with Crippen LogP contribution in [0.5, 0.6) is 0 Å². The van der Waals surface area contributed by atoms with Crippen LogP contribution < -0.4 is 10.9 Å². The maximum Gasteiger partial charge on any atom is 0.262 e. The number of aromatic nitrogens is 2. The fourth-order valence-corrected chi connectivity index (χ4v) is 3.85. The molecular weight excluding hydrogens is 358 g/mol. The molecule has 1 amide bonds. The van der Waals surface area contributed by atoms with Gasteiger partial charge in [0.1, 0.15) is 10.9 Å². The van der Waals surface area contributed by atoms with Crippen molar-refractivity contribution in [2.24, 2.45) is 0 Å². The van der Waals surface area contributed by atoms with Crippen LogP contribution in [0, 0.1) is 0 Å². The Kier molecular flexibility index (Phi) is 4.56. The summed E-state index contributed by atoms with van der Waals surface area (Å²) in [5.41, 5.74) is 1.52. The number of benzene rings is 2. The van der Waals surface area contributed by atoms with Crippen molar-refractivity contribution in [3.63, 3.8) is 0 Å². The maximum absolute atomic E-state index is 12.9. The Bertz CT molecular complexity index is 1150. The van der Waals surface area contributed by atoms with Gasteiger partial charge < -0.3 is 5.32 Å². The molecule has 0 spiro atoms. The van der Waals surface area contributed by atoms with Crippen LogP contribution in [0.25, 0.3) is 20.7 Å². The monoisotopic (exact) mass is 375 g/mol. The van der Waals surface area contributed by atoms with Gasteiger partial charge in [0.25, 0.3) is 5.56 Å². The number of para-hydroxylation sites is 1. The van der Waals surface area contributed by atoms with Crippen LogP contribution in [0.2, 0.25) is 0 Å². The molecule has 5 nitrogen and oxygen atoms in total. The Morgan fingerprint density at radius 1 is 1.07 bits per heavy atom. The number of nitrogens with one attached hydrogen (secondary N) is 1. The van der Waals surface area contributed by atoms with Crippen LogP contribution >= 0.6 is 11.3 Å². The van der Waals surface area contributed by atoms with Crippen molar-refractivity contribution < 1.29 is 4.79 Å². The molecule has 0 fully saturated rings. The van der Waals surface area contributed by atoms with Gasteiger partial charge in [0.2, 0.25) is 5.91 Å². The minimum Gasteiger partial charge on any atom is -0.324 e. The number of carbonyl (C=O) groups excluding carboxylic acids is 1. The second-order valence-corrected chi connectivity index (χ2v) is 7.21. The summed E-state index contributed by atoms with van der Waals surface area (Å²) in [6.07, 6.45) is 1.45. The number of carbonyl (C=O) groups is 1. The van der Waals surface area contributed by atoms with E-state index in [1.807, 2.05) is 54.6 Å². The molecular formula is C21H17N3O2S. The van der Waals surface area contributed by atoms with Gasteiger partial charge in [-0.05, 0) is 30.7 Å².